The zero-order valence-corrected chi connectivity index (χ0v) is 12.9. The number of carbonyl (C=O) groups is 1. The van der Waals surface area contributed by atoms with Crippen LogP contribution in [0.2, 0.25) is 5.02 Å². The fourth-order valence-corrected chi connectivity index (χ4v) is 1.92. The summed E-state index contributed by atoms with van der Waals surface area (Å²) in [6, 6.07) is 4.50. The fraction of sp³-hybridized carbons (Fsp3) is 0.357. The molecule has 3 N–H and O–H groups in total. The number of nitrogens with one attached hydrogen (secondary N) is 1. The molecule has 0 saturated carbocycles. The Morgan fingerprint density at radius 2 is 2.14 bits per heavy atom. The summed E-state index contributed by atoms with van der Waals surface area (Å²) in [5.74, 6) is -0.272. The average molecular weight is 308 g/mol. The lowest BCUT2D eigenvalue weighted by Crippen LogP contribution is -2.45. The van der Waals surface area contributed by atoms with E-state index in [-0.39, 0.29) is 11.3 Å². The van der Waals surface area contributed by atoms with Gasteiger partial charge in [-0.05, 0) is 23.6 Å². The Labute approximate surface area is 128 Å². The maximum Gasteiger partial charge on any atom is 0.241 e. The molecule has 1 heterocycles. The third kappa shape index (κ3) is 3.59. The van der Waals surface area contributed by atoms with Crippen molar-refractivity contribution in [3.63, 3.8) is 0 Å². The number of hydrogen-bond donors (Lipinski definition) is 2. The molecule has 7 heteroatoms. The predicted molar refractivity (Wildman–Crippen MR) is 82.4 cm³/mol. The van der Waals surface area contributed by atoms with Gasteiger partial charge in [-0.2, -0.15) is 5.10 Å². The van der Waals surface area contributed by atoms with Crippen LogP contribution < -0.4 is 11.1 Å². The van der Waals surface area contributed by atoms with Gasteiger partial charge in [-0.3, -0.25) is 4.79 Å². The Morgan fingerprint density at radius 1 is 1.43 bits per heavy atom. The highest BCUT2D eigenvalue weighted by atomic mass is 35.5. The van der Waals surface area contributed by atoms with Crippen molar-refractivity contribution in [2.24, 2.45) is 11.1 Å². The van der Waals surface area contributed by atoms with E-state index in [1.165, 1.54) is 6.33 Å². The van der Waals surface area contributed by atoms with Crippen molar-refractivity contribution in [2.45, 2.75) is 26.8 Å². The van der Waals surface area contributed by atoms with Gasteiger partial charge in [0.05, 0.1) is 17.4 Å². The number of carbonyl (C=O) groups excluding carboxylic acids is 1. The number of anilines is 1. The molecule has 0 aliphatic carbocycles. The predicted octanol–water partition coefficient (Wildman–Crippen LogP) is 2.23. The second-order valence-electron chi connectivity index (χ2n) is 5.83. The van der Waals surface area contributed by atoms with Crippen LogP contribution in [0.25, 0.3) is 5.69 Å². The van der Waals surface area contributed by atoms with Crippen molar-refractivity contribution < 1.29 is 4.79 Å². The first kappa shape index (κ1) is 15.5. The lowest BCUT2D eigenvalue weighted by Gasteiger charge is -2.26. The van der Waals surface area contributed by atoms with Crippen molar-refractivity contribution in [2.75, 3.05) is 5.32 Å². The van der Waals surface area contributed by atoms with Gasteiger partial charge >= 0.3 is 0 Å². The van der Waals surface area contributed by atoms with E-state index in [1.807, 2.05) is 20.8 Å². The van der Waals surface area contributed by atoms with Gasteiger partial charge in [0.1, 0.15) is 12.7 Å². The van der Waals surface area contributed by atoms with Gasteiger partial charge in [0.25, 0.3) is 0 Å². The Bertz CT molecular complexity index is 633. The topological polar surface area (TPSA) is 85.8 Å². The molecule has 2 rings (SSSR count). The minimum Gasteiger partial charge on any atom is -0.323 e. The second kappa shape index (κ2) is 5.83. The molecule has 1 unspecified atom stereocenters. The first-order valence-corrected chi connectivity index (χ1v) is 6.88. The Kier molecular flexibility index (Phi) is 4.29. The van der Waals surface area contributed by atoms with Gasteiger partial charge in [-0.15, -0.1) is 0 Å². The molecule has 0 aliphatic heterocycles. The number of hydrogen-bond acceptors (Lipinski definition) is 4. The molecule has 1 aromatic heterocycles. The van der Waals surface area contributed by atoms with Gasteiger partial charge in [0, 0.05) is 5.02 Å². The number of nitrogens with zero attached hydrogens (tertiary/aromatic N) is 3. The van der Waals surface area contributed by atoms with Crippen molar-refractivity contribution >= 4 is 23.2 Å². The zero-order chi connectivity index (χ0) is 15.6. The SMILES string of the molecule is CC(C)(C)C(N)C(=O)Nc1cc(Cl)ccc1-n1cncn1. The van der Waals surface area contributed by atoms with Crippen LogP contribution in [0.15, 0.2) is 30.9 Å². The van der Waals surface area contributed by atoms with Crippen LogP contribution in [0, 0.1) is 5.41 Å². The van der Waals surface area contributed by atoms with Crippen LogP contribution in [0.5, 0.6) is 0 Å². The second-order valence-corrected chi connectivity index (χ2v) is 6.27. The molecule has 0 saturated heterocycles. The number of aromatic nitrogens is 3. The number of halogens is 1. The molecule has 21 heavy (non-hydrogen) atoms. The molecule has 0 fully saturated rings. The quantitative estimate of drug-likeness (QED) is 0.910. The summed E-state index contributed by atoms with van der Waals surface area (Å²) < 4.78 is 1.55. The van der Waals surface area contributed by atoms with Crippen molar-refractivity contribution in [3.05, 3.63) is 35.9 Å². The third-order valence-electron chi connectivity index (χ3n) is 3.10. The highest BCUT2D eigenvalue weighted by molar-refractivity contribution is 6.31. The molecule has 0 spiro atoms. The molecular formula is C14H18ClN5O. The molecule has 0 radical (unpaired) electrons. The highest BCUT2D eigenvalue weighted by Gasteiger charge is 2.28. The van der Waals surface area contributed by atoms with Gasteiger partial charge in [-0.25, -0.2) is 9.67 Å². The van der Waals surface area contributed by atoms with Crippen LogP contribution >= 0.6 is 11.6 Å². The summed E-state index contributed by atoms with van der Waals surface area (Å²) in [6.45, 7) is 5.73. The number of nitrogens with two attached hydrogens (primary N) is 1. The molecule has 1 aromatic carbocycles. The standard InChI is InChI=1S/C14H18ClN5O/c1-14(2,3)12(16)13(21)19-10-6-9(15)4-5-11(10)20-8-17-7-18-20/h4-8,12H,16H2,1-3H3,(H,19,21). The number of rotatable bonds is 3. The number of benzene rings is 1. The van der Waals surface area contributed by atoms with Crippen molar-refractivity contribution in [1.29, 1.82) is 0 Å². The summed E-state index contributed by atoms with van der Waals surface area (Å²) in [6.07, 6.45) is 2.96. The largest absolute Gasteiger partial charge is 0.323 e. The Balaban J connectivity index is 2.32. The maximum absolute atomic E-state index is 12.3. The molecule has 0 aliphatic rings. The molecule has 0 bridgehead atoms. The molecule has 112 valence electrons. The van der Waals surface area contributed by atoms with Crippen molar-refractivity contribution in [3.8, 4) is 5.69 Å². The summed E-state index contributed by atoms with van der Waals surface area (Å²) in [5, 5.41) is 7.38. The van der Waals surface area contributed by atoms with E-state index in [0.717, 1.165) is 0 Å². The minimum atomic E-state index is -0.639. The van der Waals surface area contributed by atoms with Crippen LogP contribution in [0.3, 0.4) is 0 Å². The molecule has 6 nitrogen and oxygen atoms in total. The fourth-order valence-electron chi connectivity index (χ4n) is 1.74. The van der Waals surface area contributed by atoms with Crippen LogP contribution in [0.1, 0.15) is 20.8 Å². The van der Waals surface area contributed by atoms with Gasteiger partial charge < -0.3 is 11.1 Å². The normalized spacial score (nSPS) is 13.0. The van der Waals surface area contributed by atoms with E-state index in [4.69, 9.17) is 17.3 Å². The summed E-state index contributed by atoms with van der Waals surface area (Å²) in [4.78, 5) is 16.2. The van der Waals surface area contributed by atoms with Gasteiger partial charge in [0.15, 0.2) is 0 Å². The number of amides is 1. The van der Waals surface area contributed by atoms with Gasteiger partial charge in [0.2, 0.25) is 5.91 Å². The summed E-state index contributed by atoms with van der Waals surface area (Å²) in [7, 11) is 0. The average Bonchev–Trinajstić information content (AvgIpc) is 2.90. The smallest absolute Gasteiger partial charge is 0.241 e. The Hall–Kier alpha value is -1.92. The summed E-state index contributed by atoms with van der Waals surface area (Å²) >= 11 is 6.00. The zero-order valence-electron chi connectivity index (χ0n) is 12.2. The lowest BCUT2D eigenvalue weighted by molar-refractivity contribution is -0.119. The van der Waals surface area contributed by atoms with Crippen LogP contribution in [-0.4, -0.2) is 26.7 Å². The van der Waals surface area contributed by atoms with Crippen LogP contribution in [-0.2, 0) is 4.79 Å². The highest BCUT2D eigenvalue weighted by Crippen LogP contribution is 2.25. The van der Waals surface area contributed by atoms with Crippen LogP contribution in [0.4, 0.5) is 5.69 Å². The van der Waals surface area contributed by atoms with E-state index in [1.54, 1.807) is 29.2 Å². The molecule has 2 aromatic rings. The van der Waals surface area contributed by atoms with E-state index in [2.05, 4.69) is 15.4 Å². The maximum atomic E-state index is 12.3. The van der Waals surface area contributed by atoms with Crippen molar-refractivity contribution in [1.82, 2.24) is 14.8 Å². The molecule has 1 amide bonds. The van der Waals surface area contributed by atoms with E-state index >= 15 is 0 Å². The van der Waals surface area contributed by atoms with E-state index in [0.29, 0.717) is 16.4 Å². The third-order valence-corrected chi connectivity index (χ3v) is 3.33. The monoisotopic (exact) mass is 307 g/mol. The molecule has 1 atom stereocenters. The Morgan fingerprint density at radius 3 is 2.71 bits per heavy atom. The molecular weight excluding hydrogens is 290 g/mol. The van der Waals surface area contributed by atoms with Gasteiger partial charge in [-0.1, -0.05) is 32.4 Å². The summed E-state index contributed by atoms with van der Waals surface area (Å²) in [5.41, 5.74) is 6.84. The minimum absolute atomic E-state index is 0.272. The van der Waals surface area contributed by atoms with E-state index in [9.17, 15) is 4.79 Å². The first-order chi connectivity index (χ1) is 9.79. The van der Waals surface area contributed by atoms with E-state index < -0.39 is 6.04 Å². The first-order valence-electron chi connectivity index (χ1n) is 6.50. The lowest BCUT2D eigenvalue weighted by atomic mass is 9.87.